The second-order valence-electron chi connectivity index (χ2n) is 21.2. The zero-order valence-corrected chi connectivity index (χ0v) is 49.9. The number of phosphoric acid groups is 1. The van der Waals surface area contributed by atoms with Crippen LogP contribution in [0.4, 0.5) is 0 Å². The molecule has 2 unspecified atom stereocenters. The van der Waals surface area contributed by atoms with Crippen molar-refractivity contribution < 1.29 is 37.6 Å². The molecular weight excluding hydrogens is 954 g/mol. The van der Waals surface area contributed by atoms with Crippen LogP contribution in [-0.4, -0.2) is 49.3 Å². The highest BCUT2D eigenvalue weighted by molar-refractivity contribution is 7.47. The van der Waals surface area contributed by atoms with Gasteiger partial charge < -0.3 is 20.1 Å². The van der Waals surface area contributed by atoms with Gasteiger partial charge >= 0.3 is 19.8 Å². The van der Waals surface area contributed by atoms with Crippen molar-refractivity contribution in [2.24, 2.45) is 5.73 Å². The molecule has 2 atom stereocenters. The van der Waals surface area contributed by atoms with Gasteiger partial charge in [-0.05, 0) is 77.0 Å². The Kier molecular flexibility index (Phi) is 59.1. The largest absolute Gasteiger partial charge is 0.472 e. The lowest BCUT2D eigenvalue weighted by Crippen LogP contribution is -2.29. The highest BCUT2D eigenvalue weighted by Crippen LogP contribution is 2.43. The Labute approximate surface area is 463 Å². The molecule has 0 aliphatic rings. The molecule has 0 fully saturated rings. The molecule has 75 heavy (non-hydrogen) atoms. The van der Waals surface area contributed by atoms with Gasteiger partial charge in [-0.15, -0.1) is 0 Å². The molecule has 0 aromatic rings. The third-order valence-electron chi connectivity index (χ3n) is 13.9. The summed E-state index contributed by atoms with van der Waals surface area (Å²) in [5, 5.41) is 0. The molecule has 3 N–H and O–H groups in total. The maximum Gasteiger partial charge on any atom is 0.472 e. The summed E-state index contributed by atoms with van der Waals surface area (Å²) in [5.41, 5.74) is 5.38. The van der Waals surface area contributed by atoms with E-state index in [-0.39, 0.29) is 38.6 Å². The van der Waals surface area contributed by atoms with Crippen molar-refractivity contribution >= 4 is 19.8 Å². The van der Waals surface area contributed by atoms with Gasteiger partial charge in [0.2, 0.25) is 0 Å². The maximum atomic E-state index is 12.7. The molecule has 0 aromatic heterocycles. The van der Waals surface area contributed by atoms with Crippen molar-refractivity contribution in [1.29, 1.82) is 0 Å². The Morgan fingerprint density at radius 2 is 0.733 bits per heavy atom. The van der Waals surface area contributed by atoms with E-state index < -0.39 is 26.5 Å². The van der Waals surface area contributed by atoms with Crippen LogP contribution in [0.15, 0.2) is 60.8 Å². The lowest BCUT2D eigenvalue weighted by molar-refractivity contribution is -0.161. The Hall–Kier alpha value is -2.29. The van der Waals surface area contributed by atoms with E-state index in [0.717, 1.165) is 77.0 Å². The zero-order chi connectivity index (χ0) is 54.5. The predicted molar refractivity (Wildman–Crippen MR) is 321 cm³/mol. The number of carbonyl (C=O) groups is 2. The normalized spacial score (nSPS) is 13.4. The van der Waals surface area contributed by atoms with E-state index in [1.165, 1.54) is 199 Å². The van der Waals surface area contributed by atoms with Gasteiger partial charge in [-0.2, -0.15) is 0 Å². The SMILES string of the molecule is CC/C=C\C/C=C\C/C=C\C/C=C\CCCCCCCCCCCCCCCCCCCCCCCCCCCCC(=O)OC(COC(=O)CCCCCCC/C=C\CCCCCCCC)COP(=O)(O)OCCN. The highest BCUT2D eigenvalue weighted by Gasteiger charge is 2.26. The van der Waals surface area contributed by atoms with Crippen molar-refractivity contribution in [3.8, 4) is 0 Å². The number of phosphoric ester groups is 1. The van der Waals surface area contributed by atoms with Gasteiger partial charge in [-0.3, -0.25) is 18.6 Å². The predicted octanol–water partition coefficient (Wildman–Crippen LogP) is 20.3. The second-order valence-corrected chi connectivity index (χ2v) is 22.7. The van der Waals surface area contributed by atoms with Crippen LogP contribution in [0.5, 0.6) is 0 Å². The van der Waals surface area contributed by atoms with Crippen LogP contribution in [0, 0.1) is 0 Å². The van der Waals surface area contributed by atoms with Crippen molar-refractivity contribution in [3.63, 3.8) is 0 Å². The first-order valence-electron chi connectivity index (χ1n) is 31.8. The van der Waals surface area contributed by atoms with Gasteiger partial charge in [0.05, 0.1) is 13.2 Å². The average molecular weight is 1070 g/mol. The summed E-state index contributed by atoms with van der Waals surface area (Å²) in [6.45, 7) is 3.65. The number of ether oxygens (including phenoxy) is 2. The Bertz CT molecular complexity index is 1410. The van der Waals surface area contributed by atoms with E-state index in [1.54, 1.807) is 0 Å². The van der Waals surface area contributed by atoms with E-state index in [1.807, 2.05) is 0 Å². The third kappa shape index (κ3) is 60.8. The smallest absolute Gasteiger partial charge is 0.462 e. The van der Waals surface area contributed by atoms with Gasteiger partial charge in [0, 0.05) is 19.4 Å². The summed E-state index contributed by atoms with van der Waals surface area (Å²) in [4.78, 5) is 35.2. The number of rotatable bonds is 60. The first kappa shape index (κ1) is 72.7. The molecule has 10 heteroatoms. The lowest BCUT2D eigenvalue weighted by Gasteiger charge is -2.19. The minimum absolute atomic E-state index is 0.0534. The molecule has 0 spiro atoms. The fourth-order valence-electron chi connectivity index (χ4n) is 9.21. The standard InChI is InChI=1S/C65H120NO8P/c1-3-5-7-9-11-13-15-17-19-20-21-22-23-24-25-26-27-28-29-30-31-32-33-34-35-36-37-38-39-40-41-42-44-46-48-50-52-54-56-58-65(68)74-63(62-73-75(69,70)72-60-59-66)61-71-64(67)57-55-53-51-49-47-45-43-18-16-14-12-10-8-6-4-2/h5,7,11,13,17-19,21-22,43,63H,3-4,6,8-10,12,14-16,20,23-42,44-62,66H2,1-2H3,(H,69,70)/b7-5-,13-11-,19-17-,22-21-,43-18-. The Morgan fingerprint density at radius 3 is 1.11 bits per heavy atom. The van der Waals surface area contributed by atoms with Crippen molar-refractivity contribution in [2.75, 3.05) is 26.4 Å². The fourth-order valence-corrected chi connectivity index (χ4v) is 9.98. The van der Waals surface area contributed by atoms with Crippen molar-refractivity contribution in [1.82, 2.24) is 0 Å². The van der Waals surface area contributed by atoms with Gasteiger partial charge in [-0.25, -0.2) is 4.57 Å². The molecule has 0 aliphatic carbocycles. The summed E-state index contributed by atoms with van der Waals surface area (Å²) < 4.78 is 33.0. The monoisotopic (exact) mass is 1070 g/mol. The average Bonchev–Trinajstić information content (AvgIpc) is 3.40. The molecular formula is C65H120NO8P. The summed E-state index contributed by atoms with van der Waals surface area (Å²) in [7, 11) is -4.39. The number of hydrogen-bond acceptors (Lipinski definition) is 8. The number of esters is 2. The molecule has 0 saturated heterocycles. The molecule has 0 aliphatic heterocycles. The first-order valence-corrected chi connectivity index (χ1v) is 33.3. The number of carbonyl (C=O) groups excluding carboxylic acids is 2. The first-order chi connectivity index (χ1) is 36.8. The second kappa shape index (κ2) is 60.9. The molecule has 438 valence electrons. The minimum atomic E-state index is -4.39. The molecule has 0 rings (SSSR count). The van der Waals surface area contributed by atoms with E-state index in [4.69, 9.17) is 24.3 Å². The molecule has 0 bridgehead atoms. The summed E-state index contributed by atoms with van der Waals surface area (Å²) >= 11 is 0. The maximum absolute atomic E-state index is 12.7. The van der Waals surface area contributed by atoms with Gasteiger partial charge in [-0.1, -0.05) is 280 Å². The molecule has 0 radical (unpaired) electrons. The molecule has 0 aromatic carbocycles. The number of hydrogen-bond donors (Lipinski definition) is 2. The third-order valence-corrected chi connectivity index (χ3v) is 14.9. The molecule has 0 amide bonds. The number of nitrogens with two attached hydrogens (primary N) is 1. The van der Waals surface area contributed by atoms with Crippen LogP contribution in [0.1, 0.15) is 309 Å². The fraction of sp³-hybridized carbons (Fsp3) is 0.815. The summed E-state index contributed by atoms with van der Waals surface area (Å²) in [6, 6.07) is 0. The van der Waals surface area contributed by atoms with Crippen LogP contribution in [0.3, 0.4) is 0 Å². The van der Waals surface area contributed by atoms with Crippen LogP contribution < -0.4 is 5.73 Å². The summed E-state index contributed by atoms with van der Waals surface area (Å²) in [5.74, 6) is -0.824. The lowest BCUT2D eigenvalue weighted by atomic mass is 10.0. The van der Waals surface area contributed by atoms with Crippen LogP contribution in [-0.2, 0) is 32.7 Å². The van der Waals surface area contributed by atoms with Crippen molar-refractivity contribution in [3.05, 3.63) is 60.8 Å². The minimum Gasteiger partial charge on any atom is -0.462 e. The van der Waals surface area contributed by atoms with Gasteiger partial charge in [0.15, 0.2) is 6.10 Å². The number of unbranched alkanes of at least 4 members (excludes halogenated alkanes) is 37. The van der Waals surface area contributed by atoms with Crippen LogP contribution in [0.2, 0.25) is 0 Å². The van der Waals surface area contributed by atoms with E-state index in [0.29, 0.717) is 6.42 Å². The van der Waals surface area contributed by atoms with Crippen LogP contribution >= 0.6 is 7.82 Å². The Balaban J connectivity index is 3.76. The molecule has 0 saturated carbocycles. The van der Waals surface area contributed by atoms with Gasteiger partial charge in [0.1, 0.15) is 6.61 Å². The van der Waals surface area contributed by atoms with E-state index in [2.05, 4.69) is 74.6 Å². The highest BCUT2D eigenvalue weighted by atomic mass is 31.2. The van der Waals surface area contributed by atoms with Crippen molar-refractivity contribution in [2.45, 2.75) is 315 Å². The zero-order valence-electron chi connectivity index (χ0n) is 49.0. The Morgan fingerprint density at radius 1 is 0.413 bits per heavy atom. The van der Waals surface area contributed by atoms with E-state index >= 15 is 0 Å². The topological polar surface area (TPSA) is 134 Å². The van der Waals surface area contributed by atoms with Crippen LogP contribution in [0.25, 0.3) is 0 Å². The molecule has 9 nitrogen and oxygen atoms in total. The quantitative estimate of drug-likeness (QED) is 0.0264. The summed E-state index contributed by atoms with van der Waals surface area (Å²) in [6.07, 6.45) is 77.5. The van der Waals surface area contributed by atoms with Gasteiger partial charge in [0.25, 0.3) is 0 Å². The van der Waals surface area contributed by atoms with E-state index in [9.17, 15) is 19.0 Å². The molecule has 0 heterocycles. The number of allylic oxidation sites excluding steroid dienone is 10.